The Morgan fingerprint density at radius 1 is 1.39 bits per heavy atom. The van der Waals surface area contributed by atoms with Gasteiger partial charge < -0.3 is 17.2 Å². The Morgan fingerprint density at radius 3 is 2.39 bits per heavy atom. The van der Waals surface area contributed by atoms with Crippen LogP contribution in [0.1, 0.15) is 28.1 Å². The van der Waals surface area contributed by atoms with Gasteiger partial charge in [0.2, 0.25) is 11.8 Å². The number of carbonyl (C=O) groups is 3. The number of rotatable bonds is 7. The molecule has 0 bridgehead atoms. The molecular weight excluding hydrogens is 247 g/mol. The van der Waals surface area contributed by atoms with E-state index in [1.54, 1.807) is 13.8 Å². The average Bonchev–Trinajstić information content (AvgIpc) is 2.22. The molecule has 98 valence electrons. The first-order valence-corrected chi connectivity index (χ1v) is 5.24. The van der Waals surface area contributed by atoms with Gasteiger partial charge in [-0.25, -0.2) is 0 Å². The fraction of sp³-hybridized carbons (Fsp3) is 0.545. The van der Waals surface area contributed by atoms with Gasteiger partial charge in [0.1, 0.15) is 5.54 Å². The van der Waals surface area contributed by atoms with Crippen molar-refractivity contribution in [2.24, 2.45) is 0 Å². The first-order chi connectivity index (χ1) is 7.79. The second-order valence-electron chi connectivity index (χ2n) is 4.07. The van der Waals surface area contributed by atoms with Gasteiger partial charge >= 0.3 is 35.5 Å². The zero-order chi connectivity index (χ0) is 13.5. The van der Waals surface area contributed by atoms with E-state index in [4.69, 9.17) is 5.11 Å². The summed E-state index contributed by atoms with van der Waals surface area (Å²) in [5, 5.41) is 13.4. The summed E-state index contributed by atoms with van der Waals surface area (Å²) in [5.41, 5.74) is -1.05. The Hall–Kier alpha value is -0.850. The minimum Gasteiger partial charge on any atom is -1.00 e. The molecule has 0 aromatic rings. The van der Waals surface area contributed by atoms with Crippen LogP contribution in [0.4, 0.5) is 0 Å². The van der Waals surface area contributed by atoms with E-state index in [9.17, 15) is 14.4 Å². The second kappa shape index (κ2) is 9.13. The quantitative estimate of drug-likeness (QED) is 0.263. The predicted molar refractivity (Wildman–Crippen MR) is 63.4 cm³/mol. The number of carbonyl (C=O) groups excluding carboxylic acids is 2. The molecule has 0 aliphatic heterocycles. The number of hydrogen-bond donors (Lipinski definition) is 3. The van der Waals surface area contributed by atoms with Gasteiger partial charge in [-0.1, -0.05) is 6.58 Å². The van der Waals surface area contributed by atoms with Crippen LogP contribution in [0, 0.1) is 0 Å². The van der Waals surface area contributed by atoms with Crippen molar-refractivity contribution in [3.05, 3.63) is 12.7 Å². The number of nitrogens with one attached hydrogen (secondary N) is 2. The van der Waals surface area contributed by atoms with E-state index in [1.165, 1.54) is 0 Å². The standard InChI is InChI=1S/C11H18N2O4.Na.H/c1-4-8(14)13-11(2,3)10(17)12-7-5-6-9(15)16;;/h4H,1,5-7H2,2-3H3,(H,12,17)(H,13,14)(H,15,16);;/q;+1;-1. The topological polar surface area (TPSA) is 95.5 Å². The van der Waals surface area contributed by atoms with E-state index in [1.807, 2.05) is 0 Å². The van der Waals surface area contributed by atoms with Crippen LogP contribution in [0.25, 0.3) is 0 Å². The van der Waals surface area contributed by atoms with E-state index in [0.717, 1.165) is 6.08 Å². The van der Waals surface area contributed by atoms with E-state index in [0.29, 0.717) is 6.42 Å². The number of carboxylic acids is 1. The monoisotopic (exact) mass is 266 g/mol. The largest absolute Gasteiger partial charge is 1.00 e. The van der Waals surface area contributed by atoms with Crippen molar-refractivity contribution in [2.45, 2.75) is 32.2 Å². The van der Waals surface area contributed by atoms with Crippen molar-refractivity contribution >= 4 is 17.8 Å². The Kier molecular flexibility index (Phi) is 9.88. The molecule has 0 fully saturated rings. The third-order valence-corrected chi connectivity index (χ3v) is 2.04. The minimum atomic E-state index is -1.05. The smallest absolute Gasteiger partial charge is 1.00 e. The van der Waals surface area contributed by atoms with Crippen molar-refractivity contribution in [2.75, 3.05) is 6.54 Å². The molecule has 0 atom stereocenters. The third-order valence-electron chi connectivity index (χ3n) is 2.04. The van der Waals surface area contributed by atoms with Gasteiger partial charge in [-0.3, -0.25) is 14.4 Å². The van der Waals surface area contributed by atoms with Gasteiger partial charge in [-0.15, -0.1) is 0 Å². The van der Waals surface area contributed by atoms with Gasteiger partial charge in [0.25, 0.3) is 0 Å². The van der Waals surface area contributed by atoms with Crippen LogP contribution in [0.3, 0.4) is 0 Å². The van der Waals surface area contributed by atoms with E-state index in [2.05, 4.69) is 17.2 Å². The predicted octanol–water partition coefficient (Wildman–Crippen LogP) is -2.84. The van der Waals surface area contributed by atoms with Crippen molar-refractivity contribution < 1.29 is 50.5 Å². The molecule has 0 saturated carbocycles. The zero-order valence-electron chi connectivity index (χ0n) is 12.1. The molecule has 2 amide bonds. The maximum Gasteiger partial charge on any atom is 1.00 e. The van der Waals surface area contributed by atoms with Crippen LogP contribution in [-0.2, 0) is 14.4 Å². The molecule has 7 heteroatoms. The summed E-state index contributed by atoms with van der Waals surface area (Å²) in [6.45, 7) is 6.67. The number of hydrogen-bond acceptors (Lipinski definition) is 3. The average molecular weight is 266 g/mol. The zero-order valence-corrected chi connectivity index (χ0v) is 13.1. The molecule has 0 aromatic carbocycles. The summed E-state index contributed by atoms with van der Waals surface area (Å²) >= 11 is 0. The Bertz CT molecular complexity index is 335. The molecule has 0 saturated heterocycles. The van der Waals surface area contributed by atoms with E-state index < -0.39 is 17.4 Å². The SMILES string of the molecule is C=CC(=O)NC(C)(C)C(=O)NCCCC(=O)O.[H-].[Na+]. The van der Waals surface area contributed by atoms with Crippen molar-refractivity contribution in [3.63, 3.8) is 0 Å². The molecule has 3 N–H and O–H groups in total. The van der Waals surface area contributed by atoms with Crippen molar-refractivity contribution in [3.8, 4) is 0 Å². The summed E-state index contributed by atoms with van der Waals surface area (Å²) in [4.78, 5) is 33.0. The van der Waals surface area contributed by atoms with Crippen LogP contribution in [-0.4, -0.2) is 35.0 Å². The molecule has 0 heterocycles. The summed E-state index contributed by atoms with van der Waals surface area (Å²) in [6.07, 6.45) is 1.44. The summed E-state index contributed by atoms with van der Waals surface area (Å²) in [7, 11) is 0. The normalized spacial score (nSPS) is 9.89. The molecule has 0 radical (unpaired) electrons. The maximum atomic E-state index is 11.7. The molecule has 0 unspecified atom stereocenters. The molecule has 0 aromatic heterocycles. The number of aliphatic carboxylic acids is 1. The van der Waals surface area contributed by atoms with Crippen LogP contribution in [0.5, 0.6) is 0 Å². The first kappa shape index (κ1) is 19.5. The second-order valence-corrected chi connectivity index (χ2v) is 4.07. The van der Waals surface area contributed by atoms with Gasteiger partial charge in [-0.05, 0) is 26.3 Å². The minimum absolute atomic E-state index is 0. The Balaban J connectivity index is -0.00000128. The van der Waals surface area contributed by atoms with Crippen LogP contribution in [0.2, 0.25) is 0 Å². The molecule has 0 aliphatic rings. The van der Waals surface area contributed by atoms with E-state index >= 15 is 0 Å². The molecule has 18 heavy (non-hydrogen) atoms. The van der Waals surface area contributed by atoms with Crippen LogP contribution in [0.15, 0.2) is 12.7 Å². The molecular formula is C11H19N2NaO4. The third kappa shape index (κ3) is 8.27. The van der Waals surface area contributed by atoms with E-state index in [-0.39, 0.29) is 49.9 Å². The molecule has 0 rings (SSSR count). The molecule has 6 nitrogen and oxygen atoms in total. The molecule has 0 spiro atoms. The number of amides is 2. The Labute approximate surface area is 130 Å². The van der Waals surface area contributed by atoms with Crippen molar-refractivity contribution in [1.29, 1.82) is 0 Å². The fourth-order valence-corrected chi connectivity index (χ4v) is 1.08. The summed E-state index contributed by atoms with van der Waals surface area (Å²) < 4.78 is 0. The van der Waals surface area contributed by atoms with Gasteiger partial charge in [-0.2, -0.15) is 0 Å². The van der Waals surface area contributed by atoms with Gasteiger partial charge in [0.15, 0.2) is 0 Å². The fourth-order valence-electron chi connectivity index (χ4n) is 1.08. The Morgan fingerprint density at radius 2 is 1.94 bits per heavy atom. The van der Waals surface area contributed by atoms with Crippen molar-refractivity contribution in [1.82, 2.24) is 10.6 Å². The van der Waals surface area contributed by atoms with Gasteiger partial charge in [0, 0.05) is 13.0 Å². The van der Waals surface area contributed by atoms with Crippen LogP contribution < -0.4 is 40.2 Å². The summed E-state index contributed by atoms with van der Waals surface area (Å²) in [6, 6.07) is 0. The van der Waals surface area contributed by atoms with Gasteiger partial charge in [0.05, 0.1) is 0 Å². The van der Waals surface area contributed by atoms with Crippen LogP contribution >= 0.6 is 0 Å². The first-order valence-electron chi connectivity index (χ1n) is 5.24. The number of carboxylic acid groups (broad SMARTS) is 1. The summed E-state index contributed by atoms with van der Waals surface area (Å²) in [5.74, 6) is -1.70. The molecule has 0 aliphatic carbocycles. The maximum absolute atomic E-state index is 11.7.